The van der Waals surface area contributed by atoms with E-state index in [1.54, 1.807) is 0 Å². The van der Waals surface area contributed by atoms with E-state index in [-0.39, 0.29) is 0 Å². The Kier molecular flexibility index (Phi) is 4.51. The molecule has 1 aromatic rings. The highest BCUT2D eigenvalue weighted by molar-refractivity contribution is 5.11. The molecule has 1 saturated carbocycles. The van der Waals surface area contributed by atoms with Crippen molar-refractivity contribution in [3.05, 3.63) is 29.6 Å². The average Bonchev–Trinajstić information content (AvgIpc) is 3.10. The smallest absolute Gasteiger partial charge is 0.0547 e. The van der Waals surface area contributed by atoms with Crippen LogP contribution in [-0.4, -0.2) is 30.0 Å². The summed E-state index contributed by atoms with van der Waals surface area (Å²) in [6, 6.07) is 6.33. The molecule has 1 N–H and O–H groups in total. The molecule has 2 rings (SSSR count). The van der Waals surface area contributed by atoms with Crippen LogP contribution >= 0.6 is 0 Å². The van der Waals surface area contributed by atoms with Gasteiger partial charge >= 0.3 is 0 Å². The monoisotopic (exact) mass is 233 g/mol. The summed E-state index contributed by atoms with van der Waals surface area (Å²) in [6.45, 7) is 6.17. The van der Waals surface area contributed by atoms with E-state index in [4.69, 9.17) is 0 Å². The first-order valence-corrected chi connectivity index (χ1v) is 6.62. The first-order valence-electron chi connectivity index (χ1n) is 6.62. The Morgan fingerprint density at radius 1 is 1.35 bits per heavy atom. The second-order valence-electron chi connectivity index (χ2n) is 5.04. The minimum Gasteiger partial charge on any atom is -0.311 e. The van der Waals surface area contributed by atoms with Crippen molar-refractivity contribution in [2.45, 2.75) is 32.9 Å². The Morgan fingerprint density at radius 2 is 2.12 bits per heavy atom. The molecule has 0 atom stereocenters. The standard InChI is InChI=1S/C14H23N3/c1-3-15-9-13-5-4-6-14(16-13)11-17(2)10-12-7-8-12/h4-6,12,15H,3,7-11H2,1-2H3. The van der Waals surface area contributed by atoms with Gasteiger partial charge in [-0.05, 0) is 44.5 Å². The molecule has 0 aromatic carbocycles. The lowest BCUT2D eigenvalue weighted by molar-refractivity contribution is 0.309. The summed E-state index contributed by atoms with van der Waals surface area (Å²) in [5, 5.41) is 3.31. The van der Waals surface area contributed by atoms with Crippen molar-refractivity contribution in [1.29, 1.82) is 0 Å². The molecule has 0 bridgehead atoms. The van der Waals surface area contributed by atoms with Crippen LogP contribution in [0.5, 0.6) is 0 Å². The number of pyridine rings is 1. The van der Waals surface area contributed by atoms with Crippen LogP contribution in [0.15, 0.2) is 18.2 Å². The van der Waals surface area contributed by atoms with E-state index in [2.05, 4.69) is 47.4 Å². The fourth-order valence-electron chi connectivity index (χ4n) is 2.05. The van der Waals surface area contributed by atoms with Gasteiger partial charge < -0.3 is 10.2 Å². The van der Waals surface area contributed by atoms with Crippen molar-refractivity contribution in [2.75, 3.05) is 20.1 Å². The van der Waals surface area contributed by atoms with Crippen LogP contribution < -0.4 is 5.32 Å². The van der Waals surface area contributed by atoms with E-state index in [0.717, 1.165) is 31.2 Å². The van der Waals surface area contributed by atoms with Gasteiger partial charge in [-0.25, -0.2) is 0 Å². The van der Waals surface area contributed by atoms with Gasteiger partial charge in [0.1, 0.15) is 0 Å². The van der Waals surface area contributed by atoms with E-state index >= 15 is 0 Å². The predicted octanol–water partition coefficient (Wildman–Crippen LogP) is 2.03. The zero-order valence-electron chi connectivity index (χ0n) is 10.9. The Labute approximate surface area is 104 Å². The van der Waals surface area contributed by atoms with E-state index in [1.807, 2.05) is 0 Å². The van der Waals surface area contributed by atoms with Crippen LogP contribution in [0.4, 0.5) is 0 Å². The summed E-state index contributed by atoms with van der Waals surface area (Å²) < 4.78 is 0. The number of rotatable bonds is 7. The van der Waals surface area contributed by atoms with Gasteiger partial charge in [-0.2, -0.15) is 0 Å². The molecule has 3 nitrogen and oxygen atoms in total. The highest BCUT2D eigenvalue weighted by Gasteiger charge is 2.22. The summed E-state index contributed by atoms with van der Waals surface area (Å²) in [7, 11) is 2.19. The lowest BCUT2D eigenvalue weighted by atomic mass is 10.2. The number of nitrogens with one attached hydrogen (secondary N) is 1. The topological polar surface area (TPSA) is 28.2 Å². The highest BCUT2D eigenvalue weighted by atomic mass is 15.1. The molecule has 1 aromatic heterocycles. The van der Waals surface area contributed by atoms with Gasteiger partial charge in [0, 0.05) is 19.6 Å². The number of aromatic nitrogens is 1. The Bertz CT molecular complexity index is 347. The molecule has 17 heavy (non-hydrogen) atoms. The third-order valence-electron chi connectivity index (χ3n) is 3.12. The summed E-state index contributed by atoms with van der Waals surface area (Å²) in [6.07, 6.45) is 2.83. The van der Waals surface area contributed by atoms with Crippen LogP contribution in [0, 0.1) is 5.92 Å². The Hall–Kier alpha value is -0.930. The van der Waals surface area contributed by atoms with Crippen LogP contribution in [-0.2, 0) is 13.1 Å². The second-order valence-corrected chi connectivity index (χ2v) is 5.04. The summed E-state index contributed by atoms with van der Waals surface area (Å²) in [5.41, 5.74) is 2.33. The third kappa shape index (κ3) is 4.44. The van der Waals surface area contributed by atoms with E-state index in [0.29, 0.717) is 0 Å². The first kappa shape index (κ1) is 12.5. The summed E-state index contributed by atoms with van der Waals surface area (Å²) in [5.74, 6) is 0.949. The van der Waals surface area contributed by atoms with Crippen LogP contribution in [0.2, 0.25) is 0 Å². The number of hydrogen-bond acceptors (Lipinski definition) is 3. The molecule has 0 radical (unpaired) electrons. The normalized spacial score (nSPS) is 15.5. The minimum absolute atomic E-state index is 0.872. The fraction of sp³-hybridized carbons (Fsp3) is 0.643. The summed E-state index contributed by atoms with van der Waals surface area (Å²) in [4.78, 5) is 7.06. The van der Waals surface area contributed by atoms with Crippen LogP contribution in [0.25, 0.3) is 0 Å². The maximum Gasteiger partial charge on any atom is 0.0547 e. The van der Waals surface area contributed by atoms with Gasteiger partial charge in [0.2, 0.25) is 0 Å². The van der Waals surface area contributed by atoms with Crippen molar-refractivity contribution in [3.63, 3.8) is 0 Å². The fourth-order valence-corrected chi connectivity index (χ4v) is 2.05. The molecule has 0 aliphatic heterocycles. The van der Waals surface area contributed by atoms with Crippen molar-refractivity contribution < 1.29 is 0 Å². The lowest BCUT2D eigenvalue weighted by Crippen LogP contribution is -2.21. The number of nitrogens with zero attached hydrogens (tertiary/aromatic N) is 2. The maximum absolute atomic E-state index is 4.67. The minimum atomic E-state index is 0.872. The second kappa shape index (κ2) is 6.12. The molecule has 3 heteroatoms. The van der Waals surface area contributed by atoms with E-state index < -0.39 is 0 Å². The van der Waals surface area contributed by atoms with E-state index in [1.165, 1.54) is 25.1 Å². The molecule has 1 aliphatic rings. The molecule has 1 aliphatic carbocycles. The lowest BCUT2D eigenvalue weighted by Gasteiger charge is -2.16. The van der Waals surface area contributed by atoms with E-state index in [9.17, 15) is 0 Å². The highest BCUT2D eigenvalue weighted by Crippen LogP contribution is 2.29. The van der Waals surface area contributed by atoms with Gasteiger partial charge in [0.05, 0.1) is 11.4 Å². The van der Waals surface area contributed by atoms with Crippen LogP contribution in [0.3, 0.4) is 0 Å². The van der Waals surface area contributed by atoms with Crippen molar-refractivity contribution in [3.8, 4) is 0 Å². The predicted molar refractivity (Wildman–Crippen MR) is 70.7 cm³/mol. The van der Waals surface area contributed by atoms with Crippen LogP contribution in [0.1, 0.15) is 31.2 Å². The zero-order chi connectivity index (χ0) is 12.1. The Morgan fingerprint density at radius 3 is 2.82 bits per heavy atom. The quantitative estimate of drug-likeness (QED) is 0.781. The van der Waals surface area contributed by atoms with Gasteiger partial charge in [0.15, 0.2) is 0 Å². The van der Waals surface area contributed by atoms with Gasteiger partial charge in [-0.15, -0.1) is 0 Å². The van der Waals surface area contributed by atoms with Crippen molar-refractivity contribution >= 4 is 0 Å². The van der Waals surface area contributed by atoms with Gasteiger partial charge in [-0.3, -0.25) is 4.98 Å². The molecule has 0 unspecified atom stereocenters. The zero-order valence-corrected chi connectivity index (χ0v) is 10.9. The van der Waals surface area contributed by atoms with Gasteiger partial charge in [0.25, 0.3) is 0 Å². The molecule has 0 saturated heterocycles. The average molecular weight is 233 g/mol. The summed E-state index contributed by atoms with van der Waals surface area (Å²) >= 11 is 0. The van der Waals surface area contributed by atoms with Crippen molar-refractivity contribution in [1.82, 2.24) is 15.2 Å². The first-order chi connectivity index (χ1) is 8.28. The van der Waals surface area contributed by atoms with Crippen molar-refractivity contribution in [2.24, 2.45) is 5.92 Å². The molecule has 1 heterocycles. The Balaban J connectivity index is 1.85. The molecule has 0 amide bonds. The largest absolute Gasteiger partial charge is 0.311 e. The molecule has 94 valence electrons. The van der Waals surface area contributed by atoms with Gasteiger partial charge in [-0.1, -0.05) is 13.0 Å². The maximum atomic E-state index is 4.67. The SMILES string of the molecule is CCNCc1cccc(CN(C)CC2CC2)n1. The molecular formula is C14H23N3. The molecule has 1 fully saturated rings. The molecule has 0 spiro atoms. The molecular weight excluding hydrogens is 210 g/mol. The number of hydrogen-bond donors (Lipinski definition) is 1. The third-order valence-corrected chi connectivity index (χ3v) is 3.12.